The van der Waals surface area contributed by atoms with E-state index in [1.165, 1.54) is 0 Å². The van der Waals surface area contributed by atoms with Crippen LogP contribution in [0.1, 0.15) is 25.7 Å². The molecule has 0 atom stereocenters. The second-order valence-electron chi connectivity index (χ2n) is 8.64. The number of imide groups is 1. The van der Waals surface area contributed by atoms with Gasteiger partial charge in [0.05, 0.1) is 85.7 Å². The van der Waals surface area contributed by atoms with Gasteiger partial charge in [0.2, 0.25) is 5.91 Å². The van der Waals surface area contributed by atoms with Crippen molar-refractivity contribution >= 4 is 45.3 Å². The van der Waals surface area contributed by atoms with Crippen LogP contribution < -0.4 is 5.32 Å². The van der Waals surface area contributed by atoms with Crippen LogP contribution >= 0.6 is 21.6 Å². The van der Waals surface area contributed by atoms with Crippen molar-refractivity contribution < 1.29 is 52.4 Å². The van der Waals surface area contributed by atoms with Gasteiger partial charge in [-0.05, 0) is 22.9 Å². The number of hydrogen-bond donors (Lipinski definition) is 1. The van der Waals surface area contributed by atoms with Gasteiger partial charge < -0.3 is 38.6 Å². The quantitative estimate of drug-likeness (QED) is 0.0829. The van der Waals surface area contributed by atoms with Crippen molar-refractivity contribution in [1.29, 1.82) is 0 Å². The monoisotopic (exact) mass is 647 g/mol. The molecule has 1 fully saturated rings. The van der Waals surface area contributed by atoms with E-state index < -0.39 is 17.8 Å². The standard InChI is InChI=1S/C27H41N3O11S2/c31-23(7-22-42-43-24-3-1-2-8-29-24)28-9-11-36-13-15-38-17-19-40-21-20-39-18-16-37-14-12-35-10-6-27(34)41-30-25(32)4-5-26(30)33/h1-3,8H,4-7,9-22H2,(H,28,31). The smallest absolute Gasteiger partial charge is 0.335 e. The highest BCUT2D eigenvalue weighted by Gasteiger charge is 2.32. The van der Waals surface area contributed by atoms with Crippen molar-refractivity contribution in [2.75, 3.05) is 91.6 Å². The zero-order valence-corrected chi connectivity index (χ0v) is 25.9. The summed E-state index contributed by atoms with van der Waals surface area (Å²) in [4.78, 5) is 55.2. The summed E-state index contributed by atoms with van der Waals surface area (Å²) in [5.74, 6) is -1.01. The van der Waals surface area contributed by atoms with Gasteiger partial charge in [-0.1, -0.05) is 16.9 Å². The summed E-state index contributed by atoms with van der Waals surface area (Å²) < 4.78 is 32.4. The number of amides is 3. The molecule has 2 rings (SSSR count). The van der Waals surface area contributed by atoms with Crippen LogP contribution in [0.25, 0.3) is 0 Å². The third-order valence-corrected chi connectivity index (χ3v) is 7.54. The van der Waals surface area contributed by atoms with Crippen LogP contribution in [0.5, 0.6) is 0 Å². The van der Waals surface area contributed by atoms with Crippen molar-refractivity contribution in [3.05, 3.63) is 24.4 Å². The number of carbonyl (C=O) groups excluding carboxylic acids is 4. The molecule has 0 unspecified atom stereocenters. The number of nitrogens with one attached hydrogen (secondary N) is 1. The molecule has 14 nitrogen and oxygen atoms in total. The van der Waals surface area contributed by atoms with Gasteiger partial charge in [0.15, 0.2) is 0 Å². The minimum Gasteiger partial charge on any atom is -0.378 e. The fraction of sp³-hybridized carbons (Fsp3) is 0.667. The fourth-order valence-corrected chi connectivity index (χ4v) is 5.02. The maximum Gasteiger partial charge on any atom is 0.335 e. The third kappa shape index (κ3) is 19.6. The number of ether oxygens (including phenoxy) is 6. The first kappa shape index (κ1) is 36.9. The van der Waals surface area contributed by atoms with Crippen LogP contribution in [0.4, 0.5) is 0 Å². The Morgan fingerprint density at radius 2 is 1.28 bits per heavy atom. The number of hydrogen-bond acceptors (Lipinski definition) is 14. The van der Waals surface area contributed by atoms with Crippen LogP contribution in [0.2, 0.25) is 0 Å². The molecule has 1 aliphatic rings. The molecule has 242 valence electrons. The van der Waals surface area contributed by atoms with Gasteiger partial charge in [-0.25, -0.2) is 9.78 Å². The molecule has 43 heavy (non-hydrogen) atoms. The average Bonchev–Trinajstić information content (AvgIpc) is 3.32. The molecule has 2 heterocycles. The molecule has 0 aliphatic carbocycles. The van der Waals surface area contributed by atoms with Crippen molar-refractivity contribution in [2.24, 2.45) is 0 Å². The molecular weight excluding hydrogens is 606 g/mol. The maximum atomic E-state index is 11.8. The predicted octanol–water partition coefficient (Wildman–Crippen LogP) is 1.43. The number of pyridine rings is 1. The zero-order chi connectivity index (χ0) is 30.8. The Kier molecular flexibility index (Phi) is 21.5. The van der Waals surface area contributed by atoms with Crippen LogP contribution in [0.3, 0.4) is 0 Å². The Morgan fingerprint density at radius 1 is 0.744 bits per heavy atom. The summed E-state index contributed by atoms with van der Waals surface area (Å²) in [5, 5.41) is 4.28. The second-order valence-corrected chi connectivity index (χ2v) is 11.1. The summed E-state index contributed by atoms with van der Waals surface area (Å²) in [5.41, 5.74) is 0. The molecule has 0 bridgehead atoms. The molecule has 0 spiro atoms. The Hall–Kier alpha value is -2.31. The summed E-state index contributed by atoms with van der Waals surface area (Å²) in [6.07, 6.45) is 2.24. The first-order valence-electron chi connectivity index (χ1n) is 14.1. The number of hydroxylamine groups is 2. The largest absolute Gasteiger partial charge is 0.378 e. The fourth-order valence-electron chi connectivity index (χ4n) is 3.15. The molecule has 0 aromatic carbocycles. The molecule has 0 radical (unpaired) electrons. The Balaban J connectivity index is 1.21. The Labute approximate surface area is 259 Å². The first-order chi connectivity index (χ1) is 21.1. The molecule has 3 amide bonds. The zero-order valence-electron chi connectivity index (χ0n) is 24.2. The minimum absolute atomic E-state index is 0.000919. The normalized spacial score (nSPS) is 13.1. The first-order valence-corrected chi connectivity index (χ1v) is 16.4. The van der Waals surface area contributed by atoms with Crippen molar-refractivity contribution in [1.82, 2.24) is 15.4 Å². The summed E-state index contributed by atoms with van der Waals surface area (Å²) in [7, 11) is 3.16. The molecule has 1 N–H and O–H groups in total. The van der Waals surface area contributed by atoms with Gasteiger partial charge in [0, 0.05) is 37.8 Å². The highest BCUT2D eigenvalue weighted by Crippen LogP contribution is 2.29. The van der Waals surface area contributed by atoms with Crippen molar-refractivity contribution in [2.45, 2.75) is 30.7 Å². The van der Waals surface area contributed by atoms with Crippen LogP contribution in [-0.2, 0) is 52.4 Å². The van der Waals surface area contributed by atoms with E-state index in [1.54, 1.807) is 27.8 Å². The summed E-state index contributed by atoms with van der Waals surface area (Å²) in [6.45, 7) is 5.05. The van der Waals surface area contributed by atoms with E-state index in [0.29, 0.717) is 89.9 Å². The average molecular weight is 648 g/mol. The highest BCUT2D eigenvalue weighted by molar-refractivity contribution is 8.76. The van der Waals surface area contributed by atoms with E-state index in [2.05, 4.69) is 10.3 Å². The maximum absolute atomic E-state index is 11.8. The van der Waals surface area contributed by atoms with Gasteiger partial charge in [-0.15, -0.1) is 5.06 Å². The lowest BCUT2D eigenvalue weighted by Crippen LogP contribution is -2.32. The molecule has 1 saturated heterocycles. The van der Waals surface area contributed by atoms with E-state index in [1.807, 2.05) is 18.2 Å². The SMILES string of the molecule is O=C(CCSSc1ccccn1)NCCOCCOCCOCCOCCOCCOCCC(=O)ON1C(=O)CCC1=O. The lowest BCUT2D eigenvalue weighted by atomic mass is 10.4. The summed E-state index contributed by atoms with van der Waals surface area (Å²) in [6, 6.07) is 5.74. The Morgan fingerprint density at radius 3 is 1.81 bits per heavy atom. The molecular formula is C27H41N3O11S2. The molecule has 1 aliphatic heterocycles. The van der Waals surface area contributed by atoms with Crippen molar-refractivity contribution in [3.63, 3.8) is 0 Å². The van der Waals surface area contributed by atoms with Gasteiger partial charge in [0.1, 0.15) is 5.03 Å². The molecule has 16 heteroatoms. The topological polar surface area (TPSA) is 161 Å². The van der Waals surface area contributed by atoms with Gasteiger partial charge in [-0.2, -0.15) is 0 Å². The van der Waals surface area contributed by atoms with E-state index in [9.17, 15) is 19.2 Å². The lowest BCUT2D eigenvalue weighted by Gasteiger charge is -2.12. The highest BCUT2D eigenvalue weighted by atomic mass is 33.1. The van der Waals surface area contributed by atoms with E-state index in [-0.39, 0.29) is 38.4 Å². The van der Waals surface area contributed by atoms with Crippen LogP contribution in [-0.4, -0.2) is 125 Å². The number of aromatic nitrogens is 1. The van der Waals surface area contributed by atoms with Crippen LogP contribution in [0.15, 0.2) is 29.4 Å². The van der Waals surface area contributed by atoms with E-state index in [4.69, 9.17) is 33.3 Å². The third-order valence-electron chi connectivity index (χ3n) is 5.27. The molecule has 0 saturated carbocycles. The Bertz CT molecular complexity index is 915. The van der Waals surface area contributed by atoms with E-state index >= 15 is 0 Å². The van der Waals surface area contributed by atoms with Gasteiger partial charge >= 0.3 is 5.97 Å². The lowest BCUT2D eigenvalue weighted by molar-refractivity contribution is -0.198. The van der Waals surface area contributed by atoms with E-state index in [0.717, 1.165) is 5.03 Å². The van der Waals surface area contributed by atoms with Gasteiger partial charge in [-0.3, -0.25) is 14.4 Å². The van der Waals surface area contributed by atoms with Gasteiger partial charge in [0.25, 0.3) is 11.8 Å². The number of rotatable bonds is 27. The minimum atomic E-state index is -0.701. The number of nitrogens with zero attached hydrogens (tertiary/aromatic N) is 2. The predicted molar refractivity (Wildman–Crippen MR) is 157 cm³/mol. The van der Waals surface area contributed by atoms with Crippen LogP contribution in [0, 0.1) is 0 Å². The second kappa shape index (κ2) is 25.1. The van der Waals surface area contributed by atoms with Crippen molar-refractivity contribution in [3.8, 4) is 0 Å². The molecule has 1 aromatic heterocycles. The molecule has 1 aromatic rings. The summed E-state index contributed by atoms with van der Waals surface area (Å²) >= 11 is 0. The number of carbonyl (C=O) groups is 4.